The van der Waals surface area contributed by atoms with Gasteiger partial charge in [0.25, 0.3) is 0 Å². The van der Waals surface area contributed by atoms with Crippen LogP contribution in [0.5, 0.6) is 5.75 Å². The number of carbonyl (C=O) groups excluding carboxylic acids is 2. The molecule has 7 heteroatoms. The topological polar surface area (TPSA) is 73.9 Å². The van der Waals surface area contributed by atoms with Crippen molar-refractivity contribution in [3.8, 4) is 5.75 Å². The number of hydrogen-bond acceptors (Lipinski definition) is 5. The molecule has 4 heterocycles. The number of amides is 2. The molecule has 7 nitrogen and oxygen atoms in total. The summed E-state index contributed by atoms with van der Waals surface area (Å²) in [6.45, 7) is 1.17. The summed E-state index contributed by atoms with van der Waals surface area (Å²) >= 11 is 0. The number of piperidine rings is 1. The first kappa shape index (κ1) is 17.3. The van der Waals surface area contributed by atoms with Gasteiger partial charge >= 0.3 is 0 Å². The predicted octanol–water partition coefficient (Wildman–Crippen LogP) is 0.682. The highest BCUT2D eigenvalue weighted by Crippen LogP contribution is 2.32. The normalized spacial score (nSPS) is 31.2. The molecule has 2 unspecified atom stereocenters. The SMILES string of the molecule is COc1ccccc1C1CC(C(=O)N2C[C@H]3CC[C@@H](C2)N(C)C3=O)NN1. The van der Waals surface area contributed by atoms with Crippen LogP contribution >= 0.6 is 0 Å². The number of fused-ring (bicyclic) bond motifs is 4. The number of hydrogen-bond donors (Lipinski definition) is 2. The summed E-state index contributed by atoms with van der Waals surface area (Å²) in [6, 6.07) is 7.74. The fraction of sp³-hybridized carbons (Fsp3) is 0.579. The monoisotopic (exact) mass is 358 g/mol. The zero-order valence-electron chi connectivity index (χ0n) is 15.3. The molecule has 0 spiro atoms. The number of hydrazine groups is 1. The molecule has 4 aliphatic heterocycles. The van der Waals surface area contributed by atoms with Gasteiger partial charge in [0, 0.05) is 31.7 Å². The van der Waals surface area contributed by atoms with E-state index in [9.17, 15) is 9.59 Å². The van der Waals surface area contributed by atoms with Crippen LogP contribution in [0.4, 0.5) is 0 Å². The molecule has 4 saturated heterocycles. The third-order valence-electron chi connectivity index (χ3n) is 5.99. The van der Waals surface area contributed by atoms with Crippen LogP contribution in [-0.2, 0) is 9.59 Å². The van der Waals surface area contributed by atoms with Gasteiger partial charge in [0.2, 0.25) is 11.8 Å². The minimum atomic E-state index is -0.289. The summed E-state index contributed by atoms with van der Waals surface area (Å²) in [5.74, 6) is 1.03. The van der Waals surface area contributed by atoms with Crippen LogP contribution in [0.1, 0.15) is 30.9 Å². The van der Waals surface area contributed by atoms with Crippen LogP contribution in [0.15, 0.2) is 24.3 Å². The summed E-state index contributed by atoms with van der Waals surface area (Å²) in [5, 5.41) is 0. The second-order valence-electron chi connectivity index (χ2n) is 7.49. The summed E-state index contributed by atoms with van der Waals surface area (Å²) in [4.78, 5) is 29.1. The number of rotatable bonds is 3. The number of nitrogens with zero attached hydrogens (tertiary/aromatic N) is 2. The second kappa shape index (κ2) is 6.89. The first-order chi connectivity index (χ1) is 12.6. The Kier molecular flexibility index (Phi) is 4.58. The van der Waals surface area contributed by atoms with Crippen molar-refractivity contribution in [2.75, 3.05) is 27.2 Å². The molecular formula is C19H26N4O3. The molecule has 0 aliphatic carbocycles. The number of carbonyl (C=O) groups is 2. The zero-order valence-corrected chi connectivity index (χ0v) is 15.3. The lowest BCUT2D eigenvalue weighted by atomic mass is 9.95. The zero-order chi connectivity index (χ0) is 18.3. The Morgan fingerprint density at radius 2 is 2.00 bits per heavy atom. The largest absolute Gasteiger partial charge is 0.496 e. The van der Waals surface area contributed by atoms with Crippen molar-refractivity contribution in [2.24, 2.45) is 5.92 Å². The van der Waals surface area contributed by atoms with Gasteiger partial charge in [0.15, 0.2) is 0 Å². The van der Waals surface area contributed by atoms with Crippen LogP contribution in [0, 0.1) is 5.92 Å². The van der Waals surface area contributed by atoms with Crippen LogP contribution in [0.2, 0.25) is 0 Å². The summed E-state index contributed by atoms with van der Waals surface area (Å²) in [7, 11) is 3.52. The third-order valence-corrected chi connectivity index (χ3v) is 5.99. The van der Waals surface area contributed by atoms with Crippen LogP contribution < -0.4 is 15.6 Å². The molecule has 140 valence electrons. The molecular weight excluding hydrogens is 332 g/mol. The van der Waals surface area contributed by atoms with Crippen molar-refractivity contribution in [2.45, 2.75) is 37.4 Å². The summed E-state index contributed by atoms with van der Waals surface area (Å²) in [6.07, 6.45) is 2.53. The molecule has 4 fully saturated rings. The fourth-order valence-corrected chi connectivity index (χ4v) is 4.43. The highest BCUT2D eigenvalue weighted by atomic mass is 16.5. The highest BCUT2D eigenvalue weighted by Gasteiger charge is 2.42. The maximum Gasteiger partial charge on any atom is 0.241 e. The van der Waals surface area contributed by atoms with Crippen molar-refractivity contribution in [3.63, 3.8) is 0 Å². The maximum atomic E-state index is 13.1. The molecule has 1 aromatic carbocycles. The molecule has 0 aromatic heterocycles. The standard InChI is InChI=1S/C19H26N4O3/c1-22-13-8-7-12(18(22)24)10-23(11-13)19(25)16-9-15(20-21-16)14-5-3-4-6-17(14)26-2/h3-6,12-13,15-16,20-21H,7-11H2,1-2H3/t12-,13+,15?,16?/m1/s1. The molecule has 4 aliphatic rings. The van der Waals surface area contributed by atoms with Crippen molar-refractivity contribution >= 4 is 11.8 Å². The van der Waals surface area contributed by atoms with Gasteiger partial charge in [0.1, 0.15) is 11.8 Å². The Bertz CT molecular complexity index is 710. The Labute approximate surface area is 153 Å². The van der Waals surface area contributed by atoms with Crippen LogP contribution in [-0.4, -0.2) is 60.9 Å². The Balaban J connectivity index is 1.46. The second-order valence-corrected chi connectivity index (χ2v) is 7.49. The van der Waals surface area contributed by atoms with Crippen molar-refractivity contribution in [1.82, 2.24) is 20.7 Å². The van der Waals surface area contributed by atoms with Crippen LogP contribution in [0.25, 0.3) is 0 Å². The van der Waals surface area contributed by atoms with Crippen molar-refractivity contribution in [3.05, 3.63) is 29.8 Å². The molecule has 0 radical (unpaired) electrons. The molecule has 5 rings (SSSR count). The van der Waals surface area contributed by atoms with Gasteiger partial charge in [-0.05, 0) is 25.3 Å². The number of methoxy groups -OCH3 is 1. The lowest BCUT2D eigenvalue weighted by Crippen LogP contribution is -2.48. The Morgan fingerprint density at radius 1 is 1.19 bits per heavy atom. The van der Waals surface area contributed by atoms with E-state index >= 15 is 0 Å². The van der Waals surface area contributed by atoms with E-state index in [1.54, 1.807) is 7.11 Å². The van der Waals surface area contributed by atoms with Crippen molar-refractivity contribution in [1.29, 1.82) is 0 Å². The van der Waals surface area contributed by atoms with E-state index in [4.69, 9.17) is 4.74 Å². The molecule has 26 heavy (non-hydrogen) atoms. The van der Waals surface area contributed by atoms with Gasteiger partial charge in [-0.3, -0.25) is 9.59 Å². The van der Waals surface area contributed by atoms with E-state index in [1.165, 1.54) is 0 Å². The first-order valence-corrected chi connectivity index (χ1v) is 9.28. The van der Waals surface area contributed by atoms with E-state index in [1.807, 2.05) is 41.1 Å². The predicted molar refractivity (Wildman–Crippen MR) is 96.3 cm³/mol. The average Bonchev–Trinajstić information content (AvgIpc) is 3.00. The van der Waals surface area contributed by atoms with E-state index in [0.29, 0.717) is 19.5 Å². The van der Waals surface area contributed by atoms with Crippen LogP contribution in [0.3, 0.4) is 0 Å². The molecule has 2 bridgehead atoms. The Hall–Kier alpha value is -2.12. The summed E-state index contributed by atoms with van der Waals surface area (Å²) in [5.41, 5.74) is 7.43. The number of likely N-dealkylation sites (N-methyl/N-ethyl adjacent to an activating group) is 1. The lowest BCUT2D eigenvalue weighted by molar-refractivity contribution is -0.138. The first-order valence-electron chi connectivity index (χ1n) is 9.28. The molecule has 2 amide bonds. The third kappa shape index (κ3) is 2.95. The number of benzene rings is 1. The molecule has 1 aromatic rings. The summed E-state index contributed by atoms with van der Waals surface area (Å²) < 4.78 is 5.44. The van der Waals surface area contributed by atoms with Gasteiger partial charge in [-0.15, -0.1) is 0 Å². The quantitative estimate of drug-likeness (QED) is 0.831. The van der Waals surface area contributed by atoms with E-state index < -0.39 is 0 Å². The molecule has 4 atom stereocenters. The number of nitrogens with one attached hydrogen (secondary N) is 2. The maximum absolute atomic E-state index is 13.1. The van der Waals surface area contributed by atoms with Gasteiger partial charge in [-0.25, -0.2) is 10.9 Å². The minimum Gasteiger partial charge on any atom is -0.496 e. The fourth-order valence-electron chi connectivity index (χ4n) is 4.43. The van der Waals surface area contributed by atoms with E-state index in [-0.39, 0.29) is 35.9 Å². The van der Waals surface area contributed by atoms with Gasteiger partial charge in [0.05, 0.1) is 19.1 Å². The lowest BCUT2D eigenvalue weighted by Gasteiger charge is -2.32. The number of para-hydroxylation sites is 1. The van der Waals surface area contributed by atoms with Gasteiger partial charge < -0.3 is 14.5 Å². The van der Waals surface area contributed by atoms with E-state index in [2.05, 4.69) is 10.9 Å². The average molecular weight is 358 g/mol. The highest BCUT2D eigenvalue weighted by molar-refractivity contribution is 5.85. The minimum absolute atomic E-state index is 0.0214. The van der Waals surface area contributed by atoms with Gasteiger partial charge in [-0.1, -0.05) is 18.2 Å². The van der Waals surface area contributed by atoms with Gasteiger partial charge in [-0.2, -0.15) is 0 Å². The smallest absolute Gasteiger partial charge is 0.241 e. The van der Waals surface area contributed by atoms with E-state index in [0.717, 1.165) is 24.2 Å². The molecule has 2 N–H and O–H groups in total. The number of ether oxygens (including phenoxy) is 1. The molecule has 0 saturated carbocycles. The van der Waals surface area contributed by atoms with Crippen molar-refractivity contribution < 1.29 is 14.3 Å². The Morgan fingerprint density at radius 3 is 2.81 bits per heavy atom.